The Morgan fingerprint density at radius 1 is 1.12 bits per heavy atom. The van der Waals surface area contributed by atoms with Crippen molar-refractivity contribution in [3.8, 4) is 0 Å². The summed E-state index contributed by atoms with van der Waals surface area (Å²) in [5, 5.41) is 0. The highest BCUT2D eigenvalue weighted by Crippen LogP contribution is 2.21. The minimum Gasteiger partial charge on any atom is -0.337 e. The van der Waals surface area contributed by atoms with Gasteiger partial charge < -0.3 is 14.4 Å². The van der Waals surface area contributed by atoms with Crippen LogP contribution in [0.25, 0.3) is 11.0 Å². The maximum atomic E-state index is 13.2. The van der Waals surface area contributed by atoms with Gasteiger partial charge in [0.25, 0.3) is 11.8 Å². The topological polar surface area (TPSA) is 83.2 Å². The van der Waals surface area contributed by atoms with Gasteiger partial charge in [0.15, 0.2) is 0 Å². The molecule has 1 aromatic heterocycles. The third-order valence-corrected chi connectivity index (χ3v) is 6.48. The Morgan fingerprint density at radius 2 is 1.94 bits per heavy atom. The van der Waals surface area contributed by atoms with Crippen LogP contribution in [0.3, 0.4) is 0 Å². The second-order valence-electron chi connectivity index (χ2n) is 8.66. The summed E-state index contributed by atoms with van der Waals surface area (Å²) in [6.45, 7) is 7.42. The zero-order valence-corrected chi connectivity index (χ0v) is 19.1. The number of aromatic nitrogens is 2. The first-order valence-corrected chi connectivity index (χ1v) is 11.6. The molecule has 2 aliphatic heterocycles. The number of hydrogen-bond acceptors (Lipinski definition) is 5. The van der Waals surface area contributed by atoms with Crippen LogP contribution in [0, 0.1) is 12.8 Å². The molecule has 0 spiro atoms. The van der Waals surface area contributed by atoms with Crippen LogP contribution in [-0.2, 0) is 11.3 Å². The standard InChI is InChI=1S/C25H28N6O2/c1-3-4-11-31-17(2)26-21-16-18(9-10-22(21)31)24(33)29-12-14-30(15-13-29)25-27-20-8-6-5-7-19(20)23(32)28-25/h5-10,16,19H,3-4,11-15H2,1-2H3. The molecule has 3 aliphatic rings. The quantitative estimate of drug-likeness (QED) is 0.726. The molecule has 170 valence electrons. The summed E-state index contributed by atoms with van der Waals surface area (Å²) in [5.41, 5.74) is 3.32. The van der Waals surface area contributed by atoms with Crippen LogP contribution < -0.4 is 0 Å². The highest BCUT2D eigenvalue weighted by atomic mass is 16.2. The van der Waals surface area contributed by atoms with Crippen LogP contribution >= 0.6 is 0 Å². The predicted octanol–water partition coefficient (Wildman–Crippen LogP) is 2.98. The molecule has 2 aromatic rings. The van der Waals surface area contributed by atoms with Crippen LogP contribution in [0.4, 0.5) is 0 Å². The number of imidazole rings is 1. The molecule has 0 radical (unpaired) electrons. The average Bonchev–Trinajstić information content (AvgIpc) is 3.16. The second kappa shape index (κ2) is 8.77. The average molecular weight is 445 g/mol. The van der Waals surface area contributed by atoms with E-state index in [4.69, 9.17) is 0 Å². The molecule has 0 N–H and O–H groups in total. The zero-order chi connectivity index (χ0) is 22.9. The van der Waals surface area contributed by atoms with E-state index >= 15 is 0 Å². The molecule has 1 aliphatic carbocycles. The monoisotopic (exact) mass is 444 g/mol. The van der Waals surface area contributed by atoms with E-state index in [1.54, 1.807) is 0 Å². The summed E-state index contributed by atoms with van der Waals surface area (Å²) < 4.78 is 2.22. The van der Waals surface area contributed by atoms with Gasteiger partial charge in [0.05, 0.1) is 16.7 Å². The van der Waals surface area contributed by atoms with Gasteiger partial charge >= 0.3 is 0 Å². The molecule has 1 saturated heterocycles. The van der Waals surface area contributed by atoms with Crippen LogP contribution in [0.2, 0.25) is 0 Å². The lowest BCUT2D eigenvalue weighted by Crippen LogP contribution is -2.51. The molecule has 1 aromatic carbocycles. The van der Waals surface area contributed by atoms with Crippen molar-refractivity contribution in [2.75, 3.05) is 26.2 Å². The van der Waals surface area contributed by atoms with E-state index in [0.29, 0.717) is 37.7 Å². The third-order valence-electron chi connectivity index (χ3n) is 6.48. The fourth-order valence-corrected chi connectivity index (χ4v) is 4.57. The number of piperazine rings is 1. The number of allylic oxidation sites excluding steroid dienone is 3. The van der Waals surface area contributed by atoms with Gasteiger partial charge in [-0.1, -0.05) is 31.6 Å². The van der Waals surface area contributed by atoms with E-state index in [1.807, 2.05) is 59.2 Å². The number of aliphatic imine (C=N–C) groups is 2. The number of nitrogens with zero attached hydrogens (tertiary/aromatic N) is 6. The first-order chi connectivity index (χ1) is 16.0. The van der Waals surface area contributed by atoms with E-state index in [2.05, 4.69) is 26.5 Å². The fourth-order valence-electron chi connectivity index (χ4n) is 4.57. The maximum Gasteiger partial charge on any atom is 0.261 e. The SMILES string of the molecule is CCCCn1c(C)nc2cc(C(=O)N3CCN(C4=NC(=O)C5C=CC=CC5=N4)CC3)ccc21. The van der Waals surface area contributed by atoms with Crippen molar-refractivity contribution < 1.29 is 9.59 Å². The normalized spacial score (nSPS) is 20.2. The van der Waals surface area contributed by atoms with Gasteiger partial charge in [0, 0.05) is 38.3 Å². The van der Waals surface area contributed by atoms with Crippen LogP contribution in [0.5, 0.6) is 0 Å². The Labute approximate surface area is 193 Å². The maximum absolute atomic E-state index is 13.2. The third kappa shape index (κ3) is 4.01. The summed E-state index contributed by atoms with van der Waals surface area (Å²) in [6.07, 6.45) is 9.65. The molecule has 5 rings (SSSR count). The first-order valence-electron chi connectivity index (χ1n) is 11.6. The molecule has 8 nitrogen and oxygen atoms in total. The Bertz CT molecular complexity index is 1230. The van der Waals surface area contributed by atoms with Crippen molar-refractivity contribution in [3.05, 3.63) is 53.9 Å². The van der Waals surface area contributed by atoms with Crippen LogP contribution in [-0.4, -0.2) is 69.0 Å². The van der Waals surface area contributed by atoms with Gasteiger partial charge in [-0.3, -0.25) is 9.59 Å². The molecule has 2 amide bonds. The molecule has 33 heavy (non-hydrogen) atoms. The van der Waals surface area contributed by atoms with Gasteiger partial charge in [-0.15, -0.1) is 0 Å². The summed E-state index contributed by atoms with van der Waals surface area (Å²) in [7, 11) is 0. The lowest BCUT2D eigenvalue weighted by Gasteiger charge is -2.36. The Morgan fingerprint density at radius 3 is 2.73 bits per heavy atom. The van der Waals surface area contributed by atoms with Crippen LogP contribution in [0.1, 0.15) is 35.9 Å². The largest absolute Gasteiger partial charge is 0.337 e. The van der Waals surface area contributed by atoms with Crippen molar-refractivity contribution in [1.29, 1.82) is 0 Å². The number of carbonyl (C=O) groups is 2. The van der Waals surface area contributed by atoms with Crippen molar-refractivity contribution in [2.24, 2.45) is 15.9 Å². The number of aryl methyl sites for hydroxylation is 2. The summed E-state index contributed by atoms with van der Waals surface area (Å²) >= 11 is 0. The van der Waals surface area contributed by atoms with Crippen molar-refractivity contribution in [2.45, 2.75) is 33.2 Å². The number of amides is 2. The molecular weight excluding hydrogens is 416 g/mol. The summed E-state index contributed by atoms with van der Waals surface area (Å²) in [6, 6.07) is 5.81. The summed E-state index contributed by atoms with van der Waals surface area (Å²) in [4.78, 5) is 42.9. The van der Waals surface area contributed by atoms with E-state index in [0.717, 1.165) is 42.0 Å². The number of benzene rings is 1. The Hall–Kier alpha value is -3.55. The van der Waals surface area contributed by atoms with Gasteiger partial charge in [-0.2, -0.15) is 4.99 Å². The second-order valence-corrected chi connectivity index (χ2v) is 8.66. The zero-order valence-electron chi connectivity index (χ0n) is 19.1. The van der Waals surface area contributed by atoms with Gasteiger partial charge in [0.2, 0.25) is 5.96 Å². The molecule has 3 heterocycles. The number of hydrogen-bond donors (Lipinski definition) is 0. The smallest absolute Gasteiger partial charge is 0.261 e. The van der Waals surface area contributed by atoms with E-state index in [1.165, 1.54) is 0 Å². The summed E-state index contributed by atoms with van der Waals surface area (Å²) in [5.74, 6) is 0.881. The molecular formula is C25H28N6O2. The Balaban J connectivity index is 1.27. The lowest BCUT2D eigenvalue weighted by molar-refractivity contribution is -0.118. The molecule has 8 heteroatoms. The van der Waals surface area contributed by atoms with Crippen LogP contribution in [0.15, 0.2) is 52.5 Å². The highest BCUT2D eigenvalue weighted by Gasteiger charge is 2.30. The fraction of sp³-hybridized carbons (Fsp3) is 0.400. The van der Waals surface area contributed by atoms with E-state index < -0.39 is 0 Å². The highest BCUT2D eigenvalue weighted by molar-refractivity contribution is 6.21. The van der Waals surface area contributed by atoms with Gasteiger partial charge in [-0.25, -0.2) is 9.98 Å². The molecule has 1 unspecified atom stereocenters. The van der Waals surface area contributed by atoms with Crippen molar-refractivity contribution >= 4 is 34.5 Å². The lowest BCUT2D eigenvalue weighted by atomic mass is 9.97. The number of rotatable bonds is 4. The minimum absolute atomic E-state index is 0.00528. The molecule has 0 saturated carbocycles. The molecule has 1 atom stereocenters. The Kier molecular flexibility index (Phi) is 5.66. The van der Waals surface area contributed by atoms with Gasteiger partial charge in [0.1, 0.15) is 11.7 Å². The van der Waals surface area contributed by atoms with E-state index in [9.17, 15) is 9.59 Å². The van der Waals surface area contributed by atoms with Crippen molar-refractivity contribution in [1.82, 2.24) is 19.4 Å². The number of unbranched alkanes of at least 4 members (excludes halogenated alkanes) is 1. The number of carbonyl (C=O) groups excluding carboxylic acids is 2. The minimum atomic E-state index is -0.370. The van der Waals surface area contributed by atoms with E-state index in [-0.39, 0.29) is 17.7 Å². The van der Waals surface area contributed by atoms with Crippen molar-refractivity contribution in [3.63, 3.8) is 0 Å². The molecule has 0 bridgehead atoms. The predicted molar refractivity (Wildman–Crippen MR) is 129 cm³/mol. The number of guanidine groups is 1. The molecule has 1 fully saturated rings. The van der Waals surface area contributed by atoms with Gasteiger partial charge in [-0.05, 0) is 37.6 Å². The number of fused-ring (bicyclic) bond motifs is 2. The first kappa shape index (κ1) is 21.3.